The molecule has 0 unspecified atom stereocenters. The lowest BCUT2D eigenvalue weighted by Crippen LogP contribution is -2.40. The first-order valence-electron chi connectivity index (χ1n) is 7.55. The van der Waals surface area contributed by atoms with Gasteiger partial charge < -0.3 is 14.8 Å². The number of likely N-dealkylation sites (N-methyl/N-ethyl adjacent to an activating group) is 1. The molecule has 0 bridgehead atoms. The van der Waals surface area contributed by atoms with E-state index in [2.05, 4.69) is 39.7 Å². The van der Waals surface area contributed by atoms with Gasteiger partial charge >= 0.3 is 0 Å². The number of likely N-dealkylation sites (tertiary alicyclic amines) is 1. The van der Waals surface area contributed by atoms with Crippen LogP contribution < -0.4 is 14.8 Å². The summed E-state index contributed by atoms with van der Waals surface area (Å²) in [6.45, 7) is 4.96. The molecule has 1 atom stereocenters. The van der Waals surface area contributed by atoms with E-state index in [9.17, 15) is 4.79 Å². The summed E-state index contributed by atoms with van der Waals surface area (Å²) in [5, 5.41) is 3.04. The van der Waals surface area contributed by atoms with Crippen LogP contribution in [0.5, 0.6) is 11.5 Å². The van der Waals surface area contributed by atoms with Gasteiger partial charge in [0.2, 0.25) is 0 Å². The number of rotatable bonds is 6. The zero-order valence-electron chi connectivity index (χ0n) is 13.3. The molecule has 0 saturated carbocycles. The van der Waals surface area contributed by atoms with E-state index in [0.717, 1.165) is 23.1 Å². The number of ether oxygens (including phenoxy) is 2. The van der Waals surface area contributed by atoms with Crippen LogP contribution >= 0.6 is 22.6 Å². The highest BCUT2D eigenvalue weighted by Gasteiger charge is 2.25. The number of nitrogens with one attached hydrogen (secondary N) is 1. The number of benzene rings is 1. The lowest BCUT2D eigenvalue weighted by atomic mass is 10.1. The molecule has 1 N–H and O–H groups in total. The Morgan fingerprint density at radius 3 is 2.82 bits per heavy atom. The Balaban J connectivity index is 2.13. The van der Waals surface area contributed by atoms with Crippen LogP contribution in [0.3, 0.4) is 0 Å². The molecule has 1 aliphatic rings. The molecule has 122 valence electrons. The Bertz CT molecular complexity index is 536. The van der Waals surface area contributed by atoms with Gasteiger partial charge in [-0.05, 0) is 60.7 Å². The summed E-state index contributed by atoms with van der Waals surface area (Å²) >= 11 is 2.16. The van der Waals surface area contributed by atoms with Gasteiger partial charge in [-0.25, -0.2) is 0 Å². The SMILES string of the molecule is CCN1CCC[C@H]1CNC(=O)c1c(OC)ccc([123I])c1OC. The Labute approximate surface area is 145 Å². The lowest BCUT2D eigenvalue weighted by Gasteiger charge is -2.23. The number of hydrogen-bond donors (Lipinski definition) is 1. The third-order valence-corrected chi connectivity index (χ3v) is 4.98. The highest BCUT2D eigenvalue weighted by atomic mass is 123. The Morgan fingerprint density at radius 2 is 2.18 bits per heavy atom. The number of halogens is 1. The van der Waals surface area contributed by atoms with Gasteiger partial charge in [0.05, 0.1) is 17.8 Å². The molecule has 6 heteroatoms. The van der Waals surface area contributed by atoms with Crippen LogP contribution in [0.25, 0.3) is 0 Å². The van der Waals surface area contributed by atoms with E-state index in [1.54, 1.807) is 20.3 Å². The van der Waals surface area contributed by atoms with Crippen molar-refractivity contribution < 1.29 is 14.3 Å². The number of hydrogen-bond acceptors (Lipinski definition) is 4. The van der Waals surface area contributed by atoms with Crippen LogP contribution in [0.4, 0.5) is 0 Å². The van der Waals surface area contributed by atoms with Crippen LogP contribution in [-0.4, -0.2) is 50.7 Å². The van der Waals surface area contributed by atoms with Crippen molar-refractivity contribution in [1.82, 2.24) is 10.2 Å². The van der Waals surface area contributed by atoms with Crippen LogP contribution in [0, 0.1) is 3.57 Å². The smallest absolute Gasteiger partial charge is 0.258 e. The zero-order valence-corrected chi connectivity index (χ0v) is 15.5. The van der Waals surface area contributed by atoms with E-state index in [-0.39, 0.29) is 5.91 Å². The maximum Gasteiger partial charge on any atom is 0.258 e. The highest BCUT2D eigenvalue weighted by Crippen LogP contribution is 2.33. The summed E-state index contributed by atoms with van der Waals surface area (Å²) < 4.78 is 11.6. The van der Waals surface area contributed by atoms with Crippen LogP contribution in [0.2, 0.25) is 0 Å². The topological polar surface area (TPSA) is 50.8 Å². The van der Waals surface area contributed by atoms with Gasteiger partial charge in [0.15, 0.2) is 0 Å². The van der Waals surface area contributed by atoms with Gasteiger partial charge in [-0.1, -0.05) is 6.92 Å². The van der Waals surface area contributed by atoms with Gasteiger partial charge in [-0.15, -0.1) is 0 Å². The molecule has 1 amide bonds. The van der Waals surface area contributed by atoms with E-state index in [1.165, 1.54) is 6.42 Å². The summed E-state index contributed by atoms with van der Waals surface area (Å²) in [6.07, 6.45) is 2.33. The number of nitrogens with zero attached hydrogens (tertiary/aromatic N) is 1. The first kappa shape index (κ1) is 17.3. The fourth-order valence-corrected chi connectivity index (χ4v) is 3.64. The second-order valence-corrected chi connectivity index (χ2v) is 6.45. The van der Waals surface area contributed by atoms with Crippen molar-refractivity contribution >= 4 is 28.5 Å². The van der Waals surface area contributed by atoms with Crippen molar-refractivity contribution in [1.29, 1.82) is 0 Å². The largest absolute Gasteiger partial charge is 0.496 e. The standard InChI is InChI=1S/C16H23IN2O3/c1-4-19-9-5-6-11(19)10-18-16(20)14-13(21-2)8-7-12(17)15(14)22-3/h7-8,11H,4-6,9-10H2,1-3H3,(H,18,20)/t11-/m0/s1/i17-4. The molecule has 0 aromatic heterocycles. The zero-order chi connectivity index (χ0) is 16.1. The molecule has 0 aliphatic carbocycles. The molecule has 0 radical (unpaired) electrons. The quantitative estimate of drug-likeness (QED) is 0.728. The molecule has 1 fully saturated rings. The van der Waals surface area contributed by atoms with Gasteiger partial charge in [0.25, 0.3) is 5.91 Å². The monoisotopic (exact) mass is 414 g/mol. The van der Waals surface area contributed by atoms with Crippen molar-refractivity contribution in [3.8, 4) is 11.5 Å². The van der Waals surface area contributed by atoms with Crippen molar-refractivity contribution in [2.75, 3.05) is 33.9 Å². The van der Waals surface area contributed by atoms with Gasteiger partial charge in [-0.3, -0.25) is 9.69 Å². The summed E-state index contributed by atoms with van der Waals surface area (Å²) in [7, 11) is 3.14. The third kappa shape index (κ3) is 3.65. The minimum atomic E-state index is -0.143. The molecule has 1 heterocycles. The summed E-state index contributed by atoms with van der Waals surface area (Å²) in [5.74, 6) is 0.958. The Hall–Kier alpha value is -1.02. The maximum atomic E-state index is 12.6. The first-order chi connectivity index (χ1) is 10.6. The van der Waals surface area contributed by atoms with Crippen molar-refractivity contribution in [2.24, 2.45) is 0 Å². The van der Waals surface area contributed by atoms with Crippen LogP contribution in [-0.2, 0) is 0 Å². The molecule has 1 saturated heterocycles. The highest BCUT2D eigenvalue weighted by molar-refractivity contribution is 14.1. The summed E-state index contributed by atoms with van der Waals surface area (Å²) in [4.78, 5) is 15.0. The predicted octanol–water partition coefficient (Wildman–Crippen LogP) is 2.52. The molecule has 22 heavy (non-hydrogen) atoms. The molecule has 2 rings (SSSR count). The number of amides is 1. The second-order valence-electron chi connectivity index (χ2n) is 5.29. The van der Waals surface area contributed by atoms with Crippen LogP contribution in [0.1, 0.15) is 30.1 Å². The minimum absolute atomic E-state index is 0.143. The van der Waals surface area contributed by atoms with E-state index in [0.29, 0.717) is 29.6 Å². The van der Waals surface area contributed by atoms with E-state index >= 15 is 0 Å². The molecular formula is C16H23IN2O3. The molecule has 1 aromatic carbocycles. The van der Waals surface area contributed by atoms with Crippen molar-refractivity contribution in [2.45, 2.75) is 25.8 Å². The Kier molecular flexibility index (Phi) is 6.31. The Morgan fingerprint density at radius 1 is 1.41 bits per heavy atom. The van der Waals surface area contributed by atoms with Crippen molar-refractivity contribution in [3.05, 3.63) is 21.3 Å². The van der Waals surface area contributed by atoms with E-state index < -0.39 is 0 Å². The number of carbonyl (C=O) groups excluding carboxylic acids is 1. The average molecular weight is 414 g/mol. The lowest BCUT2D eigenvalue weighted by molar-refractivity contribution is 0.0935. The number of methoxy groups -OCH3 is 2. The predicted molar refractivity (Wildman–Crippen MR) is 94.9 cm³/mol. The molecular weight excluding hydrogens is 391 g/mol. The van der Waals surface area contributed by atoms with Crippen molar-refractivity contribution in [3.63, 3.8) is 0 Å². The normalized spacial score (nSPS) is 18.3. The van der Waals surface area contributed by atoms with E-state index in [1.807, 2.05) is 6.07 Å². The van der Waals surface area contributed by atoms with Gasteiger partial charge in [-0.2, -0.15) is 0 Å². The molecule has 0 spiro atoms. The summed E-state index contributed by atoms with van der Waals surface area (Å²) in [5.41, 5.74) is 0.470. The van der Waals surface area contributed by atoms with Gasteiger partial charge in [0, 0.05) is 12.6 Å². The van der Waals surface area contributed by atoms with E-state index in [4.69, 9.17) is 9.47 Å². The minimum Gasteiger partial charge on any atom is -0.496 e. The first-order valence-corrected chi connectivity index (χ1v) is 8.63. The molecule has 1 aromatic rings. The molecule has 1 aliphatic heterocycles. The maximum absolute atomic E-state index is 12.6. The summed E-state index contributed by atoms with van der Waals surface area (Å²) in [6, 6.07) is 4.10. The second kappa shape index (κ2) is 8.01. The fourth-order valence-electron chi connectivity index (χ4n) is 2.97. The number of carbonyl (C=O) groups is 1. The average Bonchev–Trinajstić information content (AvgIpc) is 2.99. The van der Waals surface area contributed by atoms with Gasteiger partial charge in [0.1, 0.15) is 17.1 Å². The van der Waals surface area contributed by atoms with Crippen LogP contribution in [0.15, 0.2) is 12.1 Å². The molecule has 5 nitrogen and oxygen atoms in total. The third-order valence-electron chi connectivity index (χ3n) is 4.13. The fraction of sp³-hybridized carbons (Fsp3) is 0.562.